The van der Waals surface area contributed by atoms with Gasteiger partial charge in [-0.2, -0.15) is 5.10 Å². The zero-order valence-corrected chi connectivity index (χ0v) is 15.8. The largest absolute Gasteiger partial charge is 0.481 e. The maximum absolute atomic E-state index is 13.6. The predicted octanol–water partition coefficient (Wildman–Crippen LogP) is 3.12. The normalized spacial score (nSPS) is 14.2. The van der Waals surface area contributed by atoms with E-state index in [0.29, 0.717) is 24.9 Å². The van der Waals surface area contributed by atoms with Crippen LogP contribution in [0.2, 0.25) is 0 Å². The highest BCUT2D eigenvalue weighted by atomic mass is 19.2. The monoisotopic (exact) mass is 391 g/mol. The van der Waals surface area contributed by atoms with E-state index in [1.54, 1.807) is 0 Å². The van der Waals surface area contributed by atoms with Crippen molar-refractivity contribution in [2.45, 2.75) is 39.5 Å². The van der Waals surface area contributed by atoms with Crippen LogP contribution in [0.5, 0.6) is 0 Å². The average Bonchev–Trinajstić information content (AvgIpc) is 3.22. The van der Waals surface area contributed by atoms with E-state index in [0.717, 1.165) is 29.8 Å². The van der Waals surface area contributed by atoms with Gasteiger partial charge in [0.25, 0.3) is 5.91 Å². The molecule has 2 aromatic rings. The minimum atomic E-state index is -0.983. The summed E-state index contributed by atoms with van der Waals surface area (Å²) >= 11 is 0. The van der Waals surface area contributed by atoms with Crippen LogP contribution in [0.3, 0.4) is 0 Å². The molecule has 1 heterocycles. The van der Waals surface area contributed by atoms with Crippen LogP contribution in [0.25, 0.3) is 5.69 Å². The van der Waals surface area contributed by atoms with Crippen LogP contribution < -0.4 is 5.32 Å². The Hall–Kier alpha value is -2.77. The van der Waals surface area contributed by atoms with Crippen molar-refractivity contribution in [1.29, 1.82) is 0 Å². The van der Waals surface area contributed by atoms with Crippen molar-refractivity contribution < 1.29 is 23.5 Å². The number of carbonyl (C=O) groups excluding carboxylic acids is 1. The smallest absolute Gasteiger partial charge is 0.308 e. The number of amides is 1. The lowest BCUT2D eigenvalue weighted by molar-refractivity contribution is -0.142. The molecule has 1 amide bonds. The number of aliphatic carboxylic acids is 1. The number of benzene rings is 1. The summed E-state index contributed by atoms with van der Waals surface area (Å²) in [5, 5.41) is 16.3. The van der Waals surface area contributed by atoms with E-state index in [9.17, 15) is 23.5 Å². The lowest BCUT2D eigenvalue weighted by Gasteiger charge is -2.15. The second kappa shape index (κ2) is 8.08. The summed E-state index contributed by atoms with van der Waals surface area (Å²) in [5.74, 6) is -3.82. The van der Waals surface area contributed by atoms with Gasteiger partial charge >= 0.3 is 5.97 Å². The van der Waals surface area contributed by atoms with Crippen molar-refractivity contribution >= 4 is 11.9 Å². The highest BCUT2D eigenvalue weighted by Gasteiger charge is 2.28. The van der Waals surface area contributed by atoms with Gasteiger partial charge in [0.1, 0.15) is 0 Å². The van der Waals surface area contributed by atoms with E-state index in [1.165, 1.54) is 10.7 Å². The lowest BCUT2D eigenvalue weighted by Crippen LogP contribution is -2.34. The number of nitrogens with one attached hydrogen (secondary N) is 1. The maximum atomic E-state index is 13.6. The molecule has 1 aromatic heterocycles. The maximum Gasteiger partial charge on any atom is 0.308 e. The van der Waals surface area contributed by atoms with Gasteiger partial charge in [-0.15, -0.1) is 0 Å². The van der Waals surface area contributed by atoms with Crippen LogP contribution in [-0.4, -0.2) is 33.3 Å². The van der Waals surface area contributed by atoms with Crippen LogP contribution in [-0.2, 0) is 17.6 Å². The zero-order valence-electron chi connectivity index (χ0n) is 15.8. The molecule has 28 heavy (non-hydrogen) atoms. The number of fused-ring (bicyclic) bond motifs is 1. The van der Waals surface area contributed by atoms with Gasteiger partial charge in [0.05, 0.1) is 11.6 Å². The molecule has 0 aliphatic heterocycles. The Morgan fingerprint density at radius 2 is 2.00 bits per heavy atom. The molecule has 1 unspecified atom stereocenters. The first-order valence-electron chi connectivity index (χ1n) is 9.35. The Balaban J connectivity index is 1.83. The van der Waals surface area contributed by atoms with Gasteiger partial charge in [-0.1, -0.05) is 13.8 Å². The molecule has 0 saturated heterocycles. The zero-order chi connectivity index (χ0) is 20.4. The molecule has 2 N–H and O–H groups in total. The van der Waals surface area contributed by atoms with Crippen LogP contribution >= 0.6 is 0 Å². The van der Waals surface area contributed by atoms with Gasteiger partial charge in [0, 0.05) is 23.9 Å². The van der Waals surface area contributed by atoms with Gasteiger partial charge < -0.3 is 10.4 Å². The number of carboxylic acid groups (broad SMARTS) is 1. The van der Waals surface area contributed by atoms with Crippen molar-refractivity contribution in [2.24, 2.45) is 11.8 Å². The minimum Gasteiger partial charge on any atom is -0.481 e. The predicted molar refractivity (Wildman–Crippen MR) is 98.4 cm³/mol. The molecule has 1 aromatic carbocycles. The minimum absolute atomic E-state index is 0.0131. The first kappa shape index (κ1) is 20.0. The van der Waals surface area contributed by atoms with Crippen LogP contribution in [0.4, 0.5) is 8.78 Å². The quantitative estimate of drug-likeness (QED) is 0.760. The summed E-state index contributed by atoms with van der Waals surface area (Å²) < 4.78 is 28.3. The molecular formula is C20H23F2N3O3. The highest BCUT2D eigenvalue weighted by molar-refractivity contribution is 5.94. The summed E-state index contributed by atoms with van der Waals surface area (Å²) in [6, 6.07) is 3.48. The second-order valence-electron chi connectivity index (χ2n) is 7.51. The molecule has 1 aliphatic rings. The van der Waals surface area contributed by atoms with E-state index < -0.39 is 29.4 Å². The summed E-state index contributed by atoms with van der Waals surface area (Å²) in [7, 11) is 0. The number of hydrogen-bond donors (Lipinski definition) is 2. The third-order valence-corrected chi connectivity index (χ3v) is 4.91. The molecule has 0 radical (unpaired) electrons. The molecule has 0 bridgehead atoms. The molecule has 3 rings (SSSR count). The van der Waals surface area contributed by atoms with E-state index in [4.69, 9.17) is 0 Å². The Kier molecular flexibility index (Phi) is 5.76. The molecule has 8 heteroatoms. The molecular weight excluding hydrogens is 368 g/mol. The summed E-state index contributed by atoms with van der Waals surface area (Å²) in [5.41, 5.74) is 2.14. The molecule has 0 saturated carbocycles. The number of aromatic nitrogens is 2. The van der Waals surface area contributed by atoms with Crippen molar-refractivity contribution in [3.05, 3.63) is 46.8 Å². The summed E-state index contributed by atoms with van der Waals surface area (Å²) in [6.45, 7) is 3.86. The van der Waals surface area contributed by atoms with E-state index in [2.05, 4.69) is 10.4 Å². The molecule has 0 fully saturated rings. The Morgan fingerprint density at radius 1 is 1.25 bits per heavy atom. The Bertz CT molecular complexity index is 908. The van der Waals surface area contributed by atoms with Gasteiger partial charge in [-0.3, -0.25) is 9.59 Å². The van der Waals surface area contributed by atoms with E-state index >= 15 is 0 Å². The van der Waals surface area contributed by atoms with Gasteiger partial charge in [0.15, 0.2) is 17.3 Å². The third kappa shape index (κ3) is 4.05. The van der Waals surface area contributed by atoms with Crippen LogP contribution in [0.15, 0.2) is 18.2 Å². The third-order valence-electron chi connectivity index (χ3n) is 4.91. The number of carbonyl (C=O) groups is 2. The Morgan fingerprint density at radius 3 is 2.64 bits per heavy atom. The van der Waals surface area contributed by atoms with Crippen molar-refractivity contribution in [3.8, 4) is 5.69 Å². The van der Waals surface area contributed by atoms with Gasteiger partial charge in [-0.25, -0.2) is 13.5 Å². The van der Waals surface area contributed by atoms with Crippen molar-refractivity contribution in [1.82, 2.24) is 15.1 Å². The van der Waals surface area contributed by atoms with Crippen LogP contribution in [0.1, 0.15) is 48.4 Å². The number of carboxylic acids is 1. The van der Waals surface area contributed by atoms with Crippen LogP contribution in [0, 0.1) is 23.5 Å². The summed E-state index contributed by atoms with van der Waals surface area (Å²) in [4.78, 5) is 24.1. The summed E-state index contributed by atoms with van der Waals surface area (Å²) in [6.07, 6.45) is 2.63. The molecule has 0 spiro atoms. The highest BCUT2D eigenvalue weighted by Crippen LogP contribution is 2.28. The first-order chi connectivity index (χ1) is 13.3. The molecule has 1 atom stereocenters. The first-order valence-corrected chi connectivity index (χ1v) is 9.35. The van der Waals surface area contributed by atoms with E-state index in [1.807, 2.05) is 13.8 Å². The average molecular weight is 391 g/mol. The number of halogens is 2. The molecule has 6 nitrogen and oxygen atoms in total. The van der Waals surface area contributed by atoms with Crippen molar-refractivity contribution in [2.75, 3.05) is 6.54 Å². The van der Waals surface area contributed by atoms with Gasteiger partial charge in [0.2, 0.25) is 0 Å². The molecule has 150 valence electrons. The number of hydrogen-bond acceptors (Lipinski definition) is 3. The fourth-order valence-corrected chi connectivity index (χ4v) is 3.59. The second-order valence-corrected chi connectivity index (χ2v) is 7.51. The lowest BCUT2D eigenvalue weighted by atomic mass is 9.97. The van der Waals surface area contributed by atoms with Crippen molar-refractivity contribution in [3.63, 3.8) is 0 Å². The standard InChI is InChI=1S/C20H23F2N3O3/c1-11(2)8-12(20(27)28)10-23-19(26)18-14-4-3-5-17(14)25(24-18)13-6-7-15(21)16(22)9-13/h6-7,9,11-12H,3-5,8,10H2,1-2H3,(H,23,26)(H,27,28). The fourth-order valence-electron chi connectivity index (χ4n) is 3.59. The number of rotatable bonds is 7. The Labute approximate surface area is 161 Å². The fraction of sp³-hybridized carbons (Fsp3) is 0.450. The SMILES string of the molecule is CC(C)CC(CNC(=O)c1nn(-c2ccc(F)c(F)c2)c2c1CCC2)C(=O)O. The van der Waals surface area contributed by atoms with E-state index in [-0.39, 0.29) is 18.2 Å². The number of nitrogens with zero attached hydrogens (tertiary/aromatic N) is 2. The molecule has 1 aliphatic carbocycles. The topological polar surface area (TPSA) is 84.2 Å². The van der Waals surface area contributed by atoms with Gasteiger partial charge in [-0.05, 0) is 43.7 Å².